The zero-order valence-electron chi connectivity index (χ0n) is 18.8. The molecule has 0 aliphatic carbocycles. The van der Waals surface area contributed by atoms with Crippen molar-refractivity contribution in [1.82, 2.24) is 14.8 Å². The van der Waals surface area contributed by atoms with Crippen LogP contribution in [-0.2, 0) is 17.7 Å². The van der Waals surface area contributed by atoms with Crippen molar-refractivity contribution in [3.8, 4) is 0 Å². The lowest BCUT2D eigenvalue weighted by molar-refractivity contribution is 0.0775. The number of halogens is 1. The summed E-state index contributed by atoms with van der Waals surface area (Å²) < 4.78 is 6.74. The SMILES string of the molecule is C=C(C)CN(CC)C(=O)c1cn(CCOC)cc(C(=O)NCCc2cccc(Cl)c2)c1=O. The number of nitrogens with one attached hydrogen (secondary N) is 1. The number of carbonyl (C=O) groups excluding carboxylic acids is 2. The van der Waals surface area contributed by atoms with Gasteiger partial charge >= 0.3 is 0 Å². The van der Waals surface area contributed by atoms with E-state index in [1.807, 2.05) is 32.0 Å². The van der Waals surface area contributed by atoms with Crippen LogP contribution in [0.15, 0.2) is 53.6 Å². The number of carbonyl (C=O) groups is 2. The Hall–Kier alpha value is -2.90. The fourth-order valence-electron chi connectivity index (χ4n) is 3.20. The van der Waals surface area contributed by atoms with Gasteiger partial charge in [0.2, 0.25) is 5.43 Å². The first-order valence-electron chi connectivity index (χ1n) is 10.5. The monoisotopic (exact) mass is 459 g/mol. The second-order valence-corrected chi connectivity index (χ2v) is 7.99. The molecule has 172 valence electrons. The summed E-state index contributed by atoms with van der Waals surface area (Å²) in [6, 6.07) is 7.36. The van der Waals surface area contributed by atoms with E-state index in [4.69, 9.17) is 16.3 Å². The summed E-state index contributed by atoms with van der Waals surface area (Å²) in [5.41, 5.74) is 1.05. The Morgan fingerprint density at radius 1 is 1.25 bits per heavy atom. The van der Waals surface area contributed by atoms with Crippen LogP contribution in [0.5, 0.6) is 0 Å². The van der Waals surface area contributed by atoms with Crippen LogP contribution >= 0.6 is 11.6 Å². The van der Waals surface area contributed by atoms with Crippen LogP contribution in [0.3, 0.4) is 0 Å². The van der Waals surface area contributed by atoms with E-state index in [9.17, 15) is 14.4 Å². The van der Waals surface area contributed by atoms with Crippen LogP contribution in [0.25, 0.3) is 0 Å². The number of pyridine rings is 1. The first-order valence-corrected chi connectivity index (χ1v) is 10.8. The molecular weight excluding hydrogens is 430 g/mol. The summed E-state index contributed by atoms with van der Waals surface area (Å²) in [6.45, 7) is 9.33. The van der Waals surface area contributed by atoms with Gasteiger partial charge in [-0.15, -0.1) is 0 Å². The molecule has 1 aromatic carbocycles. The normalized spacial score (nSPS) is 10.6. The number of nitrogens with zero attached hydrogens (tertiary/aromatic N) is 2. The number of methoxy groups -OCH3 is 1. The van der Waals surface area contributed by atoms with Crippen molar-refractivity contribution < 1.29 is 14.3 Å². The van der Waals surface area contributed by atoms with Gasteiger partial charge in [-0.3, -0.25) is 14.4 Å². The highest BCUT2D eigenvalue weighted by atomic mass is 35.5. The van der Waals surface area contributed by atoms with Crippen LogP contribution in [0.4, 0.5) is 0 Å². The van der Waals surface area contributed by atoms with Crippen molar-refractivity contribution in [3.05, 3.63) is 80.7 Å². The molecule has 32 heavy (non-hydrogen) atoms. The molecule has 0 aliphatic rings. The minimum atomic E-state index is -0.593. The summed E-state index contributed by atoms with van der Waals surface area (Å²) in [5, 5.41) is 3.39. The van der Waals surface area contributed by atoms with Crippen molar-refractivity contribution in [1.29, 1.82) is 0 Å². The van der Waals surface area contributed by atoms with Crippen LogP contribution in [0.2, 0.25) is 5.02 Å². The van der Waals surface area contributed by atoms with E-state index in [0.717, 1.165) is 11.1 Å². The van der Waals surface area contributed by atoms with Crippen molar-refractivity contribution in [2.45, 2.75) is 26.8 Å². The first kappa shape index (κ1) is 25.4. The standard InChI is InChI=1S/C24H30ClN3O4/c1-5-28(14-17(2)3)24(31)21-16-27(11-12-32-4)15-20(22(21)29)23(30)26-10-9-18-7-6-8-19(25)13-18/h6-8,13,15-16H,2,5,9-12,14H2,1,3-4H3,(H,26,30). The number of likely N-dealkylation sites (N-methyl/N-ethyl adjacent to an activating group) is 1. The maximum Gasteiger partial charge on any atom is 0.259 e. The topological polar surface area (TPSA) is 80.6 Å². The van der Waals surface area contributed by atoms with E-state index < -0.39 is 17.2 Å². The van der Waals surface area contributed by atoms with Gasteiger partial charge in [0.1, 0.15) is 11.1 Å². The van der Waals surface area contributed by atoms with E-state index in [2.05, 4.69) is 11.9 Å². The fraction of sp³-hybridized carbons (Fsp3) is 0.375. The van der Waals surface area contributed by atoms with E-state index in [0.29, 0.717) is 44.2 Å². The highest BCUT2D eigenvalue weighted by Crippen LogP contribution is 2.11. The summed E-state index contributed by atoms with van der Waals surface area (Å²) in [4.78, 5) is 40.5. The van der Waals surface area contributed by atoms with Crippen molar-refractivity contribution >= 4 is 23.4 Å². The van der Waals surface area contributed by atoms with Crippen molar-refractivity contribution in [3.63, 3.8) is 0 Å². The molecule has 0 unspecified atom stereocenters. The van der Waals surface area contributed by atoms with Crippen LogP contribution in [0, 0.1) is 0 Å². The van der Waals surface area contributed by atoms with Gasteiger partial charge in [-0.1, -0.05) is 35.9 Å². The van der Waals surface area contributed by atoms with Gasteiger partial charge in [0.25, 0.3) is 11.8 Å². The molecular formula is C24H30ClN3O4. The predicted molar refractivity (Wildman–Crippen MR) is 126 cm³/mol. The van der Waals surface area contributed by atoms with Gasteiger partial charge in [-0.2, -0.15) is 0 Å². The van der Waals surface area contributed by atoms with Gasteiger partial charge in [0.15, 0.2) is 0 Å². The van der Waals surface area contributed by atoms with Gasteiger partial charge in [-0.25, -0.2) is 0 Å². The molecule has 7 nitrogen and oxygen atoms in total. The third-order valence-corrected chi connectivity index (χ3v) is 5.06. The largest absolute Gasteiger partial charge is 0.383 e. The van der Waals surface area contributed by atoms with E-state index >= 15 is 0 Å². The molecule has 0 atom stereocenters. The van der Waals surface area contributed by atoms with Gasteiger partial charge in [-0.05, 0) is 38.0 Å². The van der Waals surface area contributed by atoms with E-state index in [-0.39, 0.29) is 11.1 Å². The number of rotatable bonds is 11. The molecule has 1 heterocycles. The number of benzene rings is 1. The molecule has 0 saturated heterocycles. The molecule has 0 saturated carbocycles. The highest BCUT2D eigenvalue weighted by Gasteiger charge is 2.22. The summed E-state index contributed by atoms with van der Waals surface area (Å²) >= 11 is 6.00. The lowest BCUT2D eigenvalue weighted by Gasteiger charge is -2.21. The number of hydrogen-bond donors (Lipinski definition) is 1. The summed E-state index contributed by atoms with van der Waals surface area (Å²) in [7, 11) is 1.56. The molecule has 2 rings (SSSR count). The second-order valence-electron chi connectivity index (χ2n) is 7.56. The predicted octanol–water partition coefficient (Wildman–Crippen LogP) is 3.16. The van der Waals surface area contributed by atoms with Gasteiger partial charge in [0.05, 0.1) is 6.61 Å². The smallest absolute Gasteiger partial charge is 0.259 e. The van der Waals surface area contributed by atoms with Crippen LogP contribution < -0.4 is 10.7 Å². The van der Waals surface area contributed by atoms with Crippen molar-refractivity contribution in [2.24, 2.45) is 0 Å². The highest BCUT2D eigenvalue weighted by molar-refractivity contribution is 6.30. The minimum absolute atomic E-state index is 0.0494. The summed E-state index contributed by atoms with van der Waals surface area (Å²) in [6.07, 6.45) is 3.50. The number of amides is 2. The lowest BCUT2D eigenvalue weighted by atomic mass is 10.1. The quantitative estimate of drug-likeness (QED) is 0.523. The molecule has 1 aromatic heterocycles. The molecule has 0 fully saturated rings. The Bertz CT molecular complexity index is 1030. The Morgan fingerprint density at radius 3 is 2.59 bits per heavy atom. The maximum atomic E-state index is 13.1. The second kappa shape index (κ2) is 12.2. The van der Waals surface area contributed by atoms with Crippen LogP contribution in [-0.4, -0.2) is 54.6 Å². The molecule has 0 bridgehead atoms. The zero-order chi connectivity index (χ0) is 23.7. The molecule has 2 amide bonds. The maximum absolute atomic E-state index is 13.1. The average molecular weight is 460 g/mol. The molecule has 0 aliphatic heterocycles. The van der Waals surface area contributed by atoms with E-state index in [1.165, 1.54) is 17.3 Å². The number of ether oxygens (including phenoxy) is 1. The average Bonchev–Trinajstić information content (AvgIpc) is 2.76. The van der Waals surface area contributed by atoms with Crippen molar-refractivity contribution in [2.75, 3.05) is 33.4 Å². The lowest BCUT2D eigenvalue weighted by Crippen LogP contribution is -2.38. The Morgan fingerprint density at radius 2 is 1.97 bits per heavy atom. The number of aromatic nitrogens is 1. The zero-order valence-corrected chi connectivity index (χ0v) is 19.6. The molecule has 8 heteroatoms. The Balaban J connectivity index is 2.28. The third-order valence-electron chi connectivity index (χ3n) is 4.83. The first-order chi connectivity index (χ1) is 15.3. The van der Waals surface area contributed by atoms with Gasteiger partial charge < -0.3 is 19.5 Å². The fourth-order valence-corrected chi connectivity index (χ4v) is 3.42. The third kappa shape index (κ3) is 7.07. The van der Waals surface area contributed by atoms with E-state index in [1.54, 1.807) is 17.7 Å². The Kier molecular flexibility index (Phi) is 9.68. The Labute approximate surface area is 193 Å². The van der Waals surface area contributed by atoms with Crippen LogP contribution in [0.1, 0.15) is 40.1 Å². The number of hydrogen-bond acceptors (Lipinski definition) is 4. The molecule has 0 radical (unpaired) electrons. The minimum Gasteiger partial charge on any atom is -0.383 e. The molecule has 1 N–H and O–H groups in total. The van der Waals surface area contributed by atoms with Gasteiger partial charge in [0, 0.05) is 50.7 Å². The molecule has 0 spiro atoms. The molecule has 2 aromatic rings. The summed E-state index contributed by atoms with van der Waals surface area (Å²) in [5.74, 6) is -0.957.